The highest BCUT2D eigenvalue weighted by atomic mass is 79.9. The molecule has 0 fully saturated rings. The molecule has 96 valence electrons. The van der Waals surface area contributed by atoms with E-state index in [1.807, 2.05) is 31.2 Å². The van der Waals surface area contributed by atoms with E-state index in [2.05, 4.69) is 21.2 Å². The van der Waals surface area contributed by atoms with Gasteiger partial charge >= 0.3 is 0 Å². The van der Waals surface area contributed by atoms with Crippen LogP contribution >= 0.6 is 15.9 Å². The zero-order valence-electron chi connectivity index (χ0n) is 10.1. The Morgan fingerprint density at radius 1 is 1.29 bits per heavy atom. The number of likely N-dealkylation sites (N-methyl/N-ethyl adjacent to an activating group) is 1. The molecule has 0 saturated heterocycles. The average molecular weight is 320 g/mol. The van der Waals surface area contributed by atoms with Crippen molar-refractivity contribution < 1.29 is 8.42 Å². The zero-order valence-corrected chi connectivity index (χ0v) is 12.5. The van der Waals surface area contributed by atoms with Gasteiger partial charge in [0.05, 0.1) is 5.75 Å². The number of halogens is 1. The van der Waals surface area contributed by atoms with Crippen LogP contribution < -0.4 is 5.32 Å². The standard InChI is InChI=1S/C12H18BrNO2S/c1-3-14-12(9-17(2,15)16)8-10-4-6-11(13)7-5-10/h4-7,12,14H,3,8-9H2,1-2H3. The fourth-order valence-corrected chi connectivity index (χ4v) is 2.98. The van der Waals surface area contributed by atoms with Crippen molar-refractivity contribution >= 4 is 25.8 Å². The minimum Gasteiger partial charge on any atom is -0.313 e. The van der Waals surface area contributed by atoms with Crippen LogP contribution in [-0.4, -0.2) is 33.0 Å². The Balaban J connectivity index is 2.69. The largest absolute Gasteiger partial charge is 0.313 e. The van der Waals surface area contributed by atoms with Crippen LogP contribution in [-0.2, 0) is 16.3 Å². The number of nitrogens with one attached hydrogen (secondary N) is 1. The minimum absolute atomic E-state index is 0.0174. The van der Waals surface area contributed by atoms with E-state index in [1.54, 1.807) is 0 Å². The molecule has 1 N–H and O–H groups in total. The lowest BCUT2D eigenvalue weighted by Crippen LogP contribution is -2.37. The van der Waals surface area contributed by atoms with Crippen molar-refractivity contribution in [2.24, 2.45) is 0 Å². The summed E-state index contributed by atoms with van der Waals surface area (Å²) in [7, 11) is -2.95. The zero-order chi connectivity index (χ0) is 12.9. The molecule has 0 heterocycles. The highest BCUT2D eigenvalue weighted by molar-refractivity contribution is 9.10. The Bertz CT molecular complexity index is 442. The molecule has 0 radical (unpaired) electrons. The molecule has 17 heavy (non-hydrogen) atoms. The third-order valence-electron chi connectivity index (χ3n) is 2.39. The van der Waals surface area contributed by atoms with E-state index in [0.29, 0.717) is 0 Å². The predicted octanol–water partition coefficient (Wildman–Crippen LogP) is 2.01. The fraction of sp³-hybridized carbons (Fsp3) is 0.500. The second-order valence-corrected chi connectivity index (χ2v) is 7.28. The second-order valence-electron chi connectivity index (χ2n) is 4.18. The maximum absolute atomic E-state index is 11.3. The van der Waals surface area contributed by atoms with Crippen LogP contribution in [0.2, 0.25) is 0 Å². The topological polar surface area (TPSA) is 46.2 Å². The summed E-state index contributed by atoms with van der Waals surface area (Å²) >= 11 is 3.38. The van der Waals surface area contributed by atoms with Crippen molar-refractivity contribution in [3.63, 3.8) is 0 Å². The maximum Gasteiger partial charge on any atom is 0.148 e. The van der Waals surface area contributed by atoms with Gasteiger partial charge in [0, 0.05) is 16.8 Å². The van der Waals surface area contributed by atoms with Crippen molar-refractivity contribution in [1.82, 2.24) is 5.32 Å². The van der Waals surface area contributed by atoms with Gasteiger partial charge < -0.3 is 5.32 Å². The van der Waals surface area contributed by atoms with Crippen LogP contribution in [0, 0.1) is 0 Å². The van der Waals surface area contributed by atoms with E-state index in [1.165, 1.54) is 6.26 Å². The summed E-state index contributed by atoms with van der Waals surface area (Å²) in [5.74, 6) is 0.177. The Morgan fingerprint density at radius 2 is 1.88 bits per heavy atom. The van der Waals surface area contributed by atoms with Crippen molar-refractivity contribution in [2.45, 2.75) is 19.4 Å². The quantitative estimate of drug-likeness (QED) is 0.872. The average Bonchev–Trinajstić information content (AvgIpc) is 2.19. The Hall–Kier alpha value is -0.390. The second kappa shape index (κ2) is 6.52. The monoisotopic (exact) mass is 319 g/mol. The molecule has 1 aromatic rings. The summed E-state index contributed by atoms with van der Waals surface area (Å²) in [6.07, 6.45) is 2.01. The van der Waals surface area contributed by atoms with Crippen LogP contribution in [0.25, 0.3) is 0 Å². The van der Waals surface area contributed by atoms with Crippen LogP contribution in [0.3, 0.4) is 0 Å². The SMILES string of the molecule is CCNC(Cc1ccc(Br)cc1)CS(C)(=O)=O. The molecule has 0 spiro atoms. The number of hydrogen-bond donors (Lipinski definition) is 1. The summed E-state index contributed by atoms with van der Waals surface area (Å²) in [4.78, 5) is 0. The lowest BCUT2D eigenvalue weighted by atomic mass is 10.1. The van der Waals surface area contributed by atoms with Gasteiger partial charge in [0.25, 0.3) is 0 Å². The molecule has 0 saturated carbocycles. The molecular weight excluding hydrogens is 302 g/mol. The van der Waals surface area contributed by atoms with E-state index in [0.717, 1.165) is 23.0 Å². The van der Waals surface area contributed by atoms with E-state index in [4.69, 9.17) is 0 Å². The molecule has 1 aromatic carbocycles. The molecule has 1 rings (SSSR count). The van der Waals surface area contributed by atoms with E-state index in [9.17, 15) is 8.42 Å². The summed E-state index contributed by atoms with van der Waals surface area (Å²) in [5.41, 5.74) is 1.14. The molecule has 0 aromatic heterocycles. The smallest absolute Gasteiger partial charge is 0.148 e. The maximum atomic E-state index is 11.3. The number of hydrogen-bond acceptors (Lipinski definition) is 3. The number of rotatable bonds is 6. The molecular formula is C12H18BrNO2S. The van der Waals surface area contributed by atoms with Crippen molar-refractivity contribution in [3.8, 4) is 0 Å². The molecule has 0 aliphatic heterocycles. The van der Waals surface area contributed by atoms with E-state index in [-0.39, 0.29) is 11.8 Å². The fourth-order valence-electron chi connectivity index (χ4n) is 1.75. The molecule has 1 atom stereocenters. The van der Waals surface area contributed by atoms with Gasteiger partial charge in [-0.1, -0.05) is 35.0 Å². The van der Waals surface area contributed by atoms with Crippen LogP contribution in [0.1, 0.15) is 12.5 Å². The van der Waals surface area contributed by atoms with Crippen LogP contribution in [0.5, 0.6) is 0 Å². The van der Waals surface area contributed by atoms with Gasteiger partial charge in [-0.05, 0) is 30.7 Å². The van der Waals surface area contributed by atoms with Gasteiger partial charge in [-0.25, -0.2) is 8.42 Å². The highest BCUT2D eigenvalue weighted by Crippen LogP contribution is 2.12. The Labute approximate surface area is 112 Å². The third kappa shape index (κ3) is 6.19. The van der Waals surface area contributed by atoms with Crippen molar-refractivity contribution in [1.29, 1.82) is 0 Å². The molecule has 3 nitrogen and oxygen atoms in total. The lowest BCUT2D eigenvalue weighted by Gasteiger charge is -2.16. The molecule has 5 heteroatoms. The minimum atomic E-state index is -2.95. The first-order valence-corrected chi connectivity index (χ1v) is 8.41. The number of benzene rings is 1. The van der Waals surface area contributed by atoms with Crippen molar-refractivity contribution in [2.75, 3.05) is 18.6 Å². The van der Waals surface area contributed by atoms with Gasteiger partial charge in [-0.2, -0.15) is 0 Å². The van der Waals surface area contributed by atoms with Gasteiger partial charge in [-0.3, -0.25) is 0 Å². The normalized spacial score (nSPS) is 13.6. The highest BCUT2D eigenvalue weighted by Gasteiger charge is 2.14. The Kier molecular flexibility index (Phi) is 5.62. The summed E-state index contributed by atoms with van der Waals surface area (Å²) < 4.78 is 23.7. The summed E-state index contributed by atoms with van der Waals surface area (Å²) in [6, 6.07) is 7.95. The molecule has 0 aliphatic carbocycles. The summed E-state index contributed by atoms with van der Waals surface area (Å²) in [5, 5.41) is 3.21. The van der Waals surface area contributed by atoms with E-state index >= 15 is 0 Å². The first kappa shape index (κ1) is 14.7. The van der Waals surface area contributed by atoms with E-state index < -0.39 is 9.84 Å². The van der Waals surface area contributed by atoms with Crippen LogP contribution in [0.15, 0.2) is 28.7 Å². The van der Waals surface area contributed by atoms with Gasteiger partial charge in [0.15, 0.2) is 0 Å². The Morgan fingerprint density at radius 3 is 2.35 bits per heavy atom. The van der Waals surface area contributed by atoms with Crippen LogP contribution in [0.4, 0.5) is 0 Å². The molecule has 0 aliphatic rings. The lowest BCUT2D eigenvalue weighted by molar-refractivity contribution is 0.545. The third-order valence-corrected chi connectivity index (χ3v) is 3.93. The first-order valence-electron chi connectivity index (χ1n) is 5.56. The summed E-state index contributed by atoms with van der Waals surface area (Å²) in [6.45, 7) is 2.76. The van der Waals surface area contributed by atoms with Gasteiger partial charge in [0.2, 0.25) is 0 Å². The van der Waals surface area contributed by atoms with Crippen molar-refractivity contribution in [3.05, 3.63) is 34.3 Å². The first-order chi connectivity index (χ1) is 7.90. The number of sulfone groups is 1. The van der Waals surface area contributed by atoms with Gasteiger partial charge in [-0.15, -0.1) is 0 Å². The predicted molar refractivity (Wildman–Crippen MR) is 75.0 cm³/mol. The molecule has 0 amide bonds. The van der Waals surface area contributed by atoms with Gasteiger partial charge in [0.1, 0.15) is 9.84 Å². The molecule has 0 bridgehead atoms. The molecule has 1 unspecified atom stereocenters.